The first-order valence-corrected chi connectivity index (χ1v) is 10.4. The quantitative estimate of drug-likeness (QED) is 0.551. The summed E-state index contributed by atoms with van der Waals surface area (Å²) in [7, 11) is 0. The van der Waals surface area contributed by atoms with Crippen LogP contribution in [0.3, 0.4) is 0 Å². The minimum atomic E-state index is -0.577. The molecule has 0 radical (unpaired) electrons. The fourth-order valence-corrected chi connectivity index (χ4v) is 5.13. The van der Waals surface area contributed by atoms with Crippen LogP contribution >= 0.6 is 0 Å². The third kappa shape index (κ3) is 2.95. The lowest BCUT2D eigenvalue weighted by molar-refractivity contribution is -0.130. The van der Waals surface area contributed by atoms with Crippen LogP contribution in [0.2, 0.25) is 0 Å². The van der Waals surface area contributed by atoms with E-state index in [4.69, 9.17) is 4.84 Å². The molecule has 0 aromatic heterocycles. The van der Waals surface area contributed by atoms with E-state index in [1.807, 2.05) is 49.4 Å². The first kappa shape index (κ1) is 20.3. The fraction of sp³-hybridized carbons (Fsp3) is 0.400. The van der Waals surface area contributed by atoms with Crippen LogP contribution in [-0.2, 0) is 9.63 Å². The van der Waals surface area contributed by atoms with Crippen LogP contribution in [0.15, 0.2) is 59.8 Å². The first-order chi connectivity index (χ1) is 14.2. The SMILES string of the molecule is Cc1ccc(C(=O)O/N=C2\CC3(C(=O)Nc4ccccc4)CCC2(C)C3(C)C)cc1. The van der Waals surface area contributed by atoms with Gasteiger partial charge in [0.15, 0.2) is 0 Å². The van der Waals surface area contributed by atoms with Crippen LogP contribution in [0.25, 0.3) is 0 Å². The lowest BCUT2D eigenvalue weighted by Crippen LogP contribution is -2.43. The second-order valence-corrected chi connectivity index (χ2v) is 9.32. The van der Waals surface area contributed by atoms with Crippen LogP contribution < -0.4 is 5.32 Å². The average Bonchev–Trinajstić information content (AvgIpc) is 3.04. The molecule has 2 aromatic carbocycles. The second kappa shape index (κ2) is 7.08. The molecule has 0 saturated heterocycles. The van der Waals surface area contributed by atoms with E-state index in [0.29, 0.717) is 12.0 Å². The maximum Gasteiger partial charge on any atom is 0.365 e. The number of carbonyl (C=O) groups is 2. The molecule has 2 saturated carbocycles. The van der Waals surface area contributed by atoms with Crippen molar-refractivity contribution < 1.29 is 14.4 Å². The molecule has 156 valence electrons. The second-order valence-electron chi connectivity index (χ2n) is 9.32. The molecule has 2 atom stereocenters. The topological polar surface area (TPSA) is 67.8 Å². The van der Waals surface area contributed by atoms with E-state index < -0.39 is 11.4 Å². The molecule has 2 aliphatic rings. The minimum absolute atomic E-state index is 0.0116. The van der Waals surface area contributed by atoms with Crippen molar-refractivity contribution >= 4 is 23.3 Å². The summed E-state index contributed by atoms with van der Waals surface area (Å²) in [5, 5.41) is 7.38. The van der Waals surface area contributed by atoms with Crippen molar-refractivity contribution in [2.24, 2.45) is 21.4 Å². The van der Waals surface area contributed by atoms with Gasteiger partial charge in [-0.05, 0) is 49.4 Å². The Balaban J connectivity index is 1.58. The van der Waals surface area contributed by atoms with Crippen molar-refractivity contribution in [1.29, 1.82) is 0 Å². The van der Waals surface area contributed by atoms with Crippen LogP contribution in [0.4, 0.5) is 5.69 Å². The largest absolute Gasteiger partial charge is 0.365 e. The molecule has 0 spiro atoms. The molecule has 2 unspecified atom stereocenters. The van der Waals surface area contributed by atoms with Gasteiger partial charge in [0.05, 0.1) is 16.7 Å². The molecule has 2 aromatic rings. The summed E-state index contributed by atoms with van der Waals surface area (Å²) in [6.45, 7) is 8.37. The van der Waals surface area contributed by atoms with Crippen molar-refractivity contribution in [2.75, 3.05) is 5.32 Å². The van der Waals surface area contributed by atoms with Gasteiger partial charge in [-0.1, -0.05) is 61.8 Å². The normalized spacial score (nSPS) is 27.8. The standard InChI is InChI=1S/C25H28N2O3/c1-17-10-12-18(13-11-17)21(28)30-27-20-16-25(15-14-24(20,4)23(25,2)3)22(29)26-19-8-6-5-7-9-19/h5-13H,14-16H2,1-4H3,(H,26,29)/b27-20+. The molecular weight excluding hydrogens is 376 g/mol. The number of anilines is 1. The highest BCUT2D eigenvalue weighted by molar-refractivity contribution is 6.06. The fourth-order valence-electron chi connectivity index (χ4n) is 5.13. The van der Waals surface area contributed by atoms with E-state index in [1.165, 1.54) is 0 Å². The number of fused-ring (bicyclic) bond motifs is 2. The highest BCUT2D eigenvalue weighted by Crippen LogP contribution is 2.71. The summed E-state index contributed by atoms with van der Waals surface area (Å²) in [5.74, 6) is -0.466. The van der Waals surface area contributed by atoms with Gasteiger partial charge in [0, 0.05) is 17.5 Å². The summed E-state index contributed by atoms with van der Waals surface area (Å²) in [4.78, 5) is 31.2. The molecule has 30 heavy (non-hydrogen) atoms. The molecule has 2 fully saturated rings. The van der Waals surface area contributed by atoms with E-state index in [-0.39, 0.29) is 16.7 Å². The average molecular weight is 405 g/mol. The number of para-hydroxylation sites is 1. The number of benzene rings is 2. The van der Waals surface area contributed by atoms with Gasteiger partial charge in [0.2, 0.25) is 5.91 Å². The number of nitrogens with zero attached hydrogens (tertiary/aromatic N) is 1. The number of rotatable bonds is 4. The zero-order valence-corrected chi connectivity index (χ0v) is 18.0. The summed E-state index contributed by atoms with van der Waals surface area (Å²) >= 11 is 0. The van der Waals surface area contributed by atoms with Crippen LogP contribution in [0, 0.1) is 23.2 Å². The minimum Gasteiger partial charge on any atom is -0.326 e. The highest BCUT2D eigenvalue weighted by Gasteiger charge is 2.71. The Bertz CT molecular complexity index is 1010. The Morgan fingerprint density at radius 1 is 0.967 bits per heavy atom. The molecule has 0 aliphatic heterocycles. The number of oxime groups is 1. The first-order valence-electron chi connectivity index (χ1n) is 10.4. The summed E-state index contributed by atoms with van der Waals surface area (Å²) < 4.78 is 0. The predicted octanol–water partition coefficient (Wildman–Crippen LogP) is 5.36. The van der Waals surface area contributed by atoms with E-state index in [1.54, 1.807) is 12.1 Å². The van der Waals surface area contributed by atoms with E-state index in [9.17, 15) is 9.59 Å². The van der Waals surface area contributed by atoms with Gasteiger partial charge in [0.1, 0.15) is 0 Å². The third-order valence-corrected chi connectivity index (χ3v) is 7.73. The van der Waals surface area contributed by atoms with Gasteiger partial charge < -0.3 is 10.2 Å². The molecule has 5 nitrogen and oxygen atoms in total. The van der Waals surface area contributed by atoms with Crippen molar-refractivity contribution in [2.45, 2.75) is 47.0 Å². The molecule has 5 heteroatoms. The molecule has 0 heterocycles. The monoisotopic (exact) mass is 404 g/mol. The van der Waals surface area contributed by atoms with Crippen molar-refractivity contribution in [3.8, 4) is 0 Å². The maximum absolute atomic E-state index is 13.4. The maximum atomic E-state index is 13.4. The number of nitrogens with one attached hydrogen (secondary N) is 1. The van der Waals surface area contributed by atoms with E-state index >= 15 is 0 Å². The molecule has 4 rings (SSSR count). The lowest BCUT2D eigenvalue weighted by Gasteiger charge is -2.39. The Kier molecular flexibility index (Phi) is 4.80. The number of carbonyl (C=O) groups excluding carboxylic acids is 2. The zero-order valence-electron chi connectivity index (χ0n) is 18.0. The number of hydrogen-bond acceptors (Lipinski definition) is 4. The van der Waals surface area contributed by atoms with Gasteiger partial charge in [0.25, 0.3) is 0 Å². The highest BCUT2D eigenvalue weighted by atomic mass is 16.7. The van der Waals surface area contributed by atoms with Crippen LogP contribution in [-0.4, -0.2) is 17.6 Å². The summed E-state index contributed by atoms with van der Waals surface area (Å²) in [6, 6.07) is 16.7. The van der Waals surface area contributed by atoms with Gasteiger partial charge in [-0.25, -0.2) is 4.79 Å². The Morgan fingerprint density at radius 2 is 1.63 bits per heavy atom. The molecular formula is C25H28N2O3. The van der Waals surface area contributed by atoms with Crippen LogP contribution in [0.1, 0.15) is 56.0 Å². The van der Waals surface area contributed by atoms with Gasteiger partial charge in [-0.15, -0.1) is 0 Å². The van der Waals surface area contributed by atoms with Gasteiger partial charge in [-0.2, -0.15) is 0 Å². The van der Waals surface area contributed by atoms with Crippen LogP contribution in [0.5, 0.6) is 0 Å². The zero-order chi connectivity index (χ0) is 21.6. The van der Waals surface area contributed by atoms with Gasteiger partial charge >= 0.3 is 5.97 Å². The third-order valence-electron chi connectivity index (χ3n) is 7.73. The Hall–Kier alpha value is -2.95. The van der Waals surface area contributed by atoms with Gasteiger partial charge in [-0.3, -0.25) is 4.79 Å². The Morgan fingerprint density at radius 3 is 2.30 bits per heavy atom. The van der Waals surface area contributed by atoms with E-state index in [0.717, 1.165) is 29.8 Å². The van der Waals surface area contributed by atoms with Crippen molar-refractivity contribution in [3.63, 3.8) is 0 Å². The lowest BCUT2D eigenvalue weighted by atomic mass is 9.64. The van der Waals surface area contributed by atoms with Crippen molar-refractivity contribution in [1.82, 2.24) is 0 Å². The number of aryl methyl sites for hydroxylation is 1. The van der Waals surface area contributed by atoms with E-state index in [2.05, 4.69) is 31.2 Å². The number of hydrogen-bond donors (Lipinski definition) is 1. The molecule has 2 aliphatic carbocycles. The molecule has 1 N–H and O–H groups in total. The Labute approximate surface area is 177 Å². The predicted molar refractivity (Wildman–Crippen MR) is 117 cm³/mol. The molecule has 2 bridgehead atoms. The van der Waals surface area contributed by atoms with Crippen molar-refractivity contribution in [3.05, 3.63) is 65.7 Å². The number of amides is 1. The summed E-state index contributed by atoms with van der Waals surface area (Å²) in [5.41, 5.74) is 1.94. The molecule has 1 amide bonds. The summed E-state index contributed by atoms with van der Waals surface area (Å²) in [6.07, 6.45) is 2.12. The smallest absolute Gasteiger partial charge is 0.326 e.